The van der Waals surface area contributed by atoms with Gasteiger partial charge in [0.1, 0.15) is 5.75 Å². The van der Waals surface area contributed by atoms with Crippen molar-refractivity contribution in [2.75, 3.05) is 53.9 Å². The first-order valence-corrected chi connectivity index (χ1v) is 11.3. The van der Waals surface area contributed by atoms with E-state index < -0.39 is 0 Å². The monoisotopic (exact) mass is 427 g/mol. The molecule has 1 fully saturated rings. The largest absolute Gasteiger partial charge is 0.496 e. The van der Waals surface area contributed by atoms with Crippen molar-refractivity contribution in [3.8, 4) is 5.75 Å². The van der Waals surface area contributed by atoms with Gasteiger partial charge in [-0.1, -0.05) is 18.2 Å². The van der Waals surface area contributed by atoms with Crippen LogP contribution in [-0.2, 0) is 17.9 Å². The summed E-state index contributed by atoms with van der Waals surface area (Å²) in [5, 5.41) is 4.22. The number of nitrogens with zero attached hydrogens (tertiary/aromatic N) is 5. The minimum absolute atomic E-state index is 0.221. The Hall–Kier alpha value is -2.38. The van der Waals surface area contributed by atoms with Crippen molar-refractivity contribution < 1.29 is 9.53 Å². The maximum Gasteiger partial charge on any atom is 0.224 e. The standard InChI is InChI=1S/C24H37N5O2/c1-26(2)16-17-28(24(30)11-15-29-14-7-12-25-29)19-21-8-6-13-27(18-21)20-22-9-4-5-10-23(22)31-3/h4-5,7,9-10,12,14,21H,6,8,11,13,15-20H2,1-3H3/t21-/m0/s1. The van der Waals surface area contributed by atoms with Crippen molar-refractivity contribution in [2.24, 2.45) is 5.92 Å². The molecule has 3 rings (SSSR count). The Balaban J connectivity index is 1.57. The van der Waals surface area contributed by atoms with Crippen LogP contribution >= 0.6 is 0 Å². The normalized spacial score (nSPS) is 17.1. The fourth-order valence-electron chi connectivity index (χ4n) is 4.27. The molecule has 170 valence electrons. The number of methoxy groups -OCH3 is 1. The summed E-state index contributed by atoms with van der Waals surface area (Å²) in [7, 11) is 5.85. The number of aryl methyl sites for hydroxylation is 1. The Labute approximate surface area is 186 Å². The molecule has 1 aromatic heterocycles. The first kappa shape index (κ1) is 23.3. The van der Waals surface area contributed by atoms with Gasteiger partial charge in [-0.25, -0.2) is 0 Å². The van der Waals surface area contributed by atoms with Crippen LogP contribution in [0.4, 0.5) is 0 Å². The third-order valence-corrected chi connectivity index (χ3v) is 5.95. The average Bonchev–Trinajstić information content (AvgIpc) is 3.29. The second kappa shape index (κ2) is 11.9. The van der Waals surface area contributed by atoms with E-state index in [4.69, 9.17) is 4.74 Å². The van der Waals surface area contributed by atoms with Gasteiger partial charge in [-0.3, -0.25) is 14.4 Å². The minimum Gasteiger partial charge on any atom is -0.496 e. The van der Waals surface area contributed by atoms with E-state index in [1.807, 2.05) is 29.1 Å². The molecule has 1 aliphatic heterocycles. The number of likely N-dealkylation sites (tertiary alicyclic amines) is 1. The fraction of sp³-hybridized carbons (Fsp3) is 0.583. The lowest BCUT2D eigenvalue weighted by molar-refractivity contribution is -0.132. The number of carbonyl (C=O) groups excluding carboxylic acids is 1. The van der Waals surface area contributed by atoms with Crippen LogP contribution in [0.25, 0.3) is 0 Å². The van der Waals surface area contributed by atoms with Crippen LogP contribution in [0, 0.1) is 5.92 Å². The lowest BCUT2D eigenvalue weighted by Crippen LogP contribution is -2.44. The molecule has 0 N–H and O–H groups in total. The van der Waals surface area contributed by atoms with Gasteiger partial charge in [0, 0.05) is 63.6 Å². The summed E-state index contributed by atoms with van der Waals surface area (Å²) in [6.45, 7) is 6.12. The van der Waals surface area contributed by atoms with Crippen molar-refractivity contribution in [3.63, 3.8) is 0 Å². The molecule has 7 nitrogen and oxygen atoms in total. The third-order valence-electron chi connectivity index (χ3n) is 5.95. The highest BCUT2D eigenvalue weighted by atomic mass is 16.5. The molecule has 0 spiro atoms. The number of rotatable bonds is 11. The summed E-state index contributed by atoms with van der Waals surface area (Å²) < 4.78 is 7.36. The van der Waals surface area contributed by atoms with E-state index in [9.17, 15) is 4.79 Å². The molecule has 0 saturated carbocycles. The van der Waals surface area contributed by atoms with E-state index in [0.717, 1.165) is 45.0 Å². The molecule has 0 radical (unpaired) electrons. The van der Waals surface area contributed by atoms with Gasteiger partial charge in [0.15, 0.2) is 0 Å². The number of hydrogen-bond donors (Lipinski definition) is 0. The van der Waals surface area contributed by atoms with Crippen LogP contribution in [0.3, 0.4) is 0 Å². The Bertz CT molecular complexity index is 793. The molecule has 2 aromatic rings. The van der Waals surface area contributed by atoms with Crippen LogP contribution in [0.2, 0.25) is 0 Å². The Morgan fingerprint density at radius 3 is 2.81 bits per heavy atom. The maximum absolute atomic E-state index is 13.0. The zero-order chi connectivity index (χ0) is 22.1. The van der Waals surface area contributed by atoms with Crippen LogP contribution in [0.15, 0.2) is 42.7 Å². The average molecular weight is 428 g/mol. The number of likely N-dealkylation sites (N-methyl/N-ethyl adjacent to an activating group) is 1. The lowest BCUT2D eigenvalue weighted by atomic mass is 9.96. The molecule has 0 unspecified atom stereocenters. The summed E-state index contributed by atoms with van der Waals surface area (Å²) in [6, 6.07) is 10.1. The van der Waals surface area contributed by atoms with Gasteiger partial charge < -0.3 is 14.5 Å². The topological polar surface area (TPSA) is 53.8 Å². The molecular weight excluding hydrogens is 390 g/mol. The summed E-state index contributed by atoms with van der Waals surface area (Å²) in [6.07, 6.45) is 6.50. The van der Waals surface area contributed by atoms with Gasteiger partial charge in [-0.2, -0.15) is 5.10 Å². The summed E-state index contributed by atoms with van der Waals surface area (Å²) >= 11 is 0. The highest BCUT2D eigenvalue weighted by Crippen LogP contribution is 2.24. The molecule has 1 amide bonds. The molecule has 1 saturated heterocycles. The number of aromatic nitrogens is 2. The summed E-state index contributed by atoms with van der Waals surface area (Å²) in [5.41, 5.74) is 1.23. The quantitative estimate of drug-likeness (QED) is 0.552. The first-order chi connectivity index (χ1) is 15.0. The zero-order valence-corrected chi connectivity index (χ0v) is 19.2. The van der Waals surface area contributed by atoms with E-state index in [1.165, 1.54) is 18.4 Å². The number of benzene rings is 1. The SMILES string of the molecule is COc1ccccc1CN1CCC[C@H](CN(CCN(C)C)C(=O)CCn2cccn2)C1. The molecule has 7 heteroatoms. The molecular formula is C24H37N5O2. The van der Waals surface area contributed by atoms with E-state index in [1.54, 1.807) is 13.3 Å². The summed E-state index contributed by atoms with van der Waals surface area (Å²) in [4.78, 5) is 19.7. The molecule has 0 aliphatic carbocycles. The Morgan fingerprint density at radius 1 is 1.23 bits per heavy atom. The molecule has 1 atom stereocenters. The highest BCUT2D eigenvalue weighted by Gasteiger charge is 2.25. The van der Waals surface area contributed by atoms with Gasteiger partial charge in [-0.15, -0.1) is 0 Å². The van der Waals surface area contributed by atoms with Gasteiger partial charge in [0.05, 0.1) is 7.11 Å². The van der Waals surface area contributed by atoms with Crippen molar-refractivity contribution >= 4 is 5.91 Å². The second-order valence-electron chi connectivity index (χ2n) is 8.72. The molecule has 2 heterocycles. The van der Waals surface area contributed by atoms with Crippen LogP contribution in [0.1, 0.15) is 24.8 Å². The van der Waals surface area contributed by atoms with Crippen LogP contribution in [0.5, 0.6) is 5.75 Å². The first-order valence-electron chi connectivity index (χ1n) is 11.3. The molecule has 0 bridgehead atoms. The smallest absolute Gasteiger partial charge is 0.224 e. The van der Waals surface area contributed by atoms with E-state index >= 15 is 0 Å². The molecule has 1 aromatic carbocycles. The van der Waals surface area contributed by atoms with E-state index in [2.05, 4.69) is 46.0 Å². The van der Waals surface area contributed by atoms with Crippen molar-refractivity contribution in [1.82, 2.24) is 24.5 Å². The minimum atomic E-state index is 0.221. The van der Waals surface area contributed by atoms with Crippen LogP contribution < -0.4 is 4.74 Å². The zero-order valence-electron chi connectivity index (χ0n) is 19.2. The number of piperidine rings is 1. The number of para-hydroxylation sites is 1. The van der Waals surface area contributed by atoms with Gasteiger partial charge in [-0.05, 0) is 51.5 Å². The molecule has 31 heavy (non-hydrogen) atoms. The molecule has 1 aliphatic rings. The number of ether oxygens (including phenoxy) is 1. The highest BCUT2D eigenvalue weighted by molar-refractivity contribution is 5.76. The van der Waals surface area contributed by atoms with E-state index in [0.29, 0.717) is 18.9 Å². The van der Waals surface area contributed by atoms with Gasteiger partial charge >= 0.3 is 0 Å². The second-order valence-corrected chi connectivity index (χ2v) is 8.72. The van der Waals surface area contributed by atoms with E-state index in [-0.39, 0.29) is 5.91 Å². The van der Waals surface area contributed by atoms with Gasteiger partial charge in [0.2, 0.25) is 5.91 Å². The van der Waals surface area contributed by atoms with Crippen LogP contribution in [-0.4, -0.2) is 84.3 Å². The van der Waals surface area contributed by atoms with Crippen molar-refractivity contribution in [1.29, 1.82) is 0 Å². The number of carbonyl (C=O) groups is 1. The third kappa shape index (κ3) is 7.36. The number of hydrogen-bond acceptors (Lipinski definition) is 5. The Kier molecular flexibility index (Phi) is 8.91. The fourth-order valence-corrected chi connectivity index (χ4v) is 4.27. The maximum atomic E-state index is 13.0. The Morgan fingerprint density at radius 2 is 2.06 bits per heavy atom. The van der Waals surface area contributed by atoms with Crippen molar-refractivity contribution in [3.05, 3.63) is 48.3 Å². The summed E-state index contributed by atoms with van der Waals surface area (Å²) in [5.74, 6) is 1.67. The van der Waals surface area contributed by atoms with Crippen molar-refractivity contribution in [2.45, 2.75) is 32.4 Å². The predicted molar refractivity (Wildman–Crippen MR) is 123 cm³/mol. The predicted octanol–water partition coefficient (Wildman–Crippen LogP) is 2.58. The number of amides is 1. The van der Waals surface area contributed by atoms with Gasteiger partial charge in [0.25, 0.3) is 0 Å². The lowest BCUT2D eigenvalue weighted by Gasteiger charge is -2.36.